The smallest absolute Gasteiger partial charge is 0.163 e. The van der Waals surface area contributed by atoms with E-state index in [0.717, 1.165) is 64.2 Å². The van der Waals surface area contributed by atoms with Crippen LogP contribution in [0.3, 0.4) is 0 Å². The number of hydrogen-bond acceptors (Lipinski definition) is 4. The minimum Gasteiger partial charge on any atom is -0.241 e. The lowest BCUT2D eigenvalue weighted by Crippen LogP contribution is -2.51. The second-order valence-corrected chi connectivity index (χ2v) is 14.7. The minimum absolute atomic E-state index is 0.181. The van der Waals surface area contributed by atoms with E-state index < -0.39 is 0 Å². The van der Waals surface area contributed by atoms with Crippen LogP contribution in [0.4, 0.5) is 0 Å². The molecular weight excluding hydrogens is 466 g/mol. The summed E-state index contributed by atoms with van der Waals surface area (Å²) >= 11 is 0. The third-order valence-electron chi connectivity index (χ3n) is 11.7. The van der Waals surface area contributed by atoms with E-state index in [-0.39, 0.29) is 10.8 Å². The molecule has 11 rings (SSSR count). The molecule has 2 heterocycles. The van der Waals surface area contributed by atoms with Gasteiger partial charge in [0.05, 0.1) is 11.9 Å². The lowest BCUT2D eigenvalue weighted by Gasteiger charge is -2.57. The lowest BCUT2D eigenvalue weighted by molar-refractivity contribution is -0.0155. The maximum Gasteiger partial charge on any atom is 0.163 e. The van der Waals surface area contributed by atoms with Crippen LogP contribution in [0, 0.1) is 42.4 Å². The number of aromatic nitrogens is 5. The molecule has 0 amide bonds. The van der Waals surface area contributed by atoms with E-state index in [2.05, 4.69) is 42.5 Å². The van der Waals surface area contributed by atoms with Crippen molar-refractivity contribution in [2.75, 3.05) is 0 Å². The number of hydrogen-bond donors (Lipinski definition) is 0. The van der Waals surface area contributed by atoms with E-state index in [9.17, 15) is 0 Å². The Kier molecular flexibility index (Phi) is 4.55. The normalized spacial score (nSPS) is 40.2. The van der Waals surface area contributed by atoms with Gasteiger partial charge in [-0.3, -0.25) is 0 Å². The van der Waals surface area contributed by atoms with E-state index in [1.54, 1.807) is 0 Å². The van der Waals surface area contributed by atoms with Crippen molar-refractivity contribution >= 4 is 0 Å². The summed E-state index contributed by atoms with van der Waals surface area (Å²) in [5, 5.41) is 4.57. The molecular formula is C33H39N5. The third kappa shape index (κ3) is 3.35. The molecule has 0 spiro atoms. The van der Waals surface area contributed by atoms with Crippen molar-refractivity contribution in [3.05, 3.63) is 53.9 Å². The first-order valence-electron chi connectivity index (χ1n) is 15.4. The number of aryl methyl sites for hydroxylation is 1. The molecule has 0 unspecified atom stereocenters. The van der Waals surface area contributed by atoms with Crippen molar-refractivity contribution in [3.8, 4) is 17.1 Å². The van der Waals surface area contributed by atoms with Gasteiger partial charge >= 0.3 is 0 Å². The molecule has 3 aromatic rings. The van der Waals surface area contributed by atoms with Crippen LogP contribution in [-0.2, 0) is 10.8 Å². The first-order valence-corrected chi connectivity index (χ1v) is 15.4. The lowest BCUT2D eigenvalue weighted by atomic mass is 9.49. The molecule has 0 saturated heterocycles. The van der Waals surface area contributed by atoms with Crippen LogP contribution in [-0.4, -0.2) is 24.7 Å². The second kappa shape index (κ2) is 7.76. The molecule has 1 aromatic carbocycles. The standard InChI is InChI=1S/C33H39N5/c1-20-18-34-38(19-20)28-4-2-3-27(11-28)29-35-30(32-12-21-5-22(13-32)7-23(6-21)14-32)37-31(36-29)33-15-24-8-25(16-33)10-26(9-24)17-33/h2-4,11,18-19,21-26H,5-10,12-17H2,1H3. The molecule has 38 heavy (non-hydrogen) atoms. The summed E-state index contributed by atoms with van der Waals surface area (Å²) in [6, 6.07) is 8.70. The largest absolute Gasteiger partial charge is 0.241 e. The fraction of sp³-hybridized carbons (Fsp3) is 0.636. The highest BCUT2D eigenvalue weighted by molar-refractivity contribution is 5.59. The molecule has 196 valence electrons. The van der Waals surface area contributed by atoms with Gasteiger partial charge in [0, 0.05) is 22.6 Å². The average Bonchev–Trinajstić information content (AvgIpc) is 3.33. The molecule has 0 N–H and O–H groups in total. The molecule has 8 bridgehead atoms. The SMILES string of the molecule is Cc1cnn(-c2cccc(-c3nc(C45CC6CC(CC(C6)C4)C5)nc(C45CC6CC(CC(C6)C4)C5)n3)c2)c1. The van der Waals surface area contributed by atoms with E-state index in [0.29, 0.717) is 0 Å². The quantitative estimate of drug-likeness (QED) is 0.384. The summed E-state index contributed by atoms with van der Waals surface area (Å²) < 4.78 is 1.97. The molecule has 8 fully saturated rings. The van der Waals surface area contributed by atoms with Gasteiger partial charge in [0.25, 0.3) is 0 Å². The summed E-state index contributed by atoms with van der Waals surface area (Å²) in [5.74, 6) is 8.53. The van der Waals surface area contributed by atoms with Crippen molar-refractivity contribution < 1.29 is 0 Å². The Morgan fingerprint density at radius 1 is 0.684 bits per heavy atom. The van der Waals surface area contributed by atoms with E-state index in [4.69, 9.17) is 15.0 Å². The molecule has 5 heteroatoms. The zero-order valence-electron chi connectivity index (χ0n) is 22.6. The van der Waals surface area contributed by atoms with Gasteiger partial charge in [0.2, 0.25) is 0 Å². The highest BCUT2D eigenvalue weighted by Crippen LogP contribution is 2.62. The van der Waals surface area contributed by atoms with Crippen molar-refractivity contribution in [3.63, 3.8) is 0 Å². The fourth-order valence-corrected chi connectivity index (χ4v) is 11.1. The monoisotopic (exact) mass is 505 g/mol. The number of nitrogens with zero attached hydrogens (tertiary/aromatic N) is 5. The van der Waals surface area contributed by atoms with E-state index >= 15 is 0 Å². The first-order chi connectivity index (χ1) is 18.5. The molecule has 0 aliphatic heterocycles. The number of benzene rings is 1. The molecule has 8 aliphatic carbocycles. The second-order valence-electron chi connectivity index (χ2n) is 14.7. The Labute approximate surface area is 225 Å². The van der Waals surface area contributed by atoms with Crippen LogP contribution in [0.5, 0.6) is 0 Å². The van der Waals surface area contributed by atoms with Crippen LogP contribution in [0.1, 0.15) is 94.3 Å². The van der Waals surface area contributed by atoms with Crippen molar-refractivity contribution in [2.45, 2.75) is 94.8 Å². The highest BCUT2D eigenvalue weighted by atomic mass is 15.3. The molecule has 0 atom stereocenters. The predicted molar refractivity (Wildman–Crippen MR) is 147 cm³/mol. The molecule has 5 nitrogen and oxygen atoms in total. The van der Waals surface area contributed by atoms with Crippen LogP contribution in [0.15, 0.2) is 36.7 Å². The summed E-state index contributed by atoms with van der Waals surface area (Å²) in [7, 11) is 0. The summed E-state index contributed by atoms with van der Waals surface area (Å²) in [5.41, 5.74) is 3.71. The Bertz CT molecular complexity index is 1290. The van der Waals surface area contributed by atoms with Gasteiger partial charge in [-0.25, -0.2) is 19.6 Å². The van der Waals surface area contributed by atoms with Crippen molar-refractivity contribution in [2.24, 2.45) is 35.5 Å². The molecule has 2 aromatic heterocycles. The van der Waals surface area contributed by atoms with Gasteiger partial charge in [-0.2, -0.15) is 5.10 Å². The third-order valence-corrected chi connectivity index (χ3v) is 11.7. The van der Waals surface area contributed by atoms with Gasteiger partial charge in [-0.15, -0.1) is 0 Å². The Morgan fingerprint density at radius 2 is 1.18 bits per heavy atom. The first kappa shape index (κ1) is 22.3. The predicted octanol–water partition coefficient (Wildman–Crippen LogP) is 6.97. The van der Waals surface area contributed by atoms with Crippen molar-refractivity contribution in [1.29, 1.82) is 0 Å². The van der Waals surface area contributed by atoms with Crippen LogP contribution in [0.25, 0.3) is 17.1 Å². The topological polar surface area (TPSA) is 56.5 Å². The van der Waals surface area contributed by atoms with E-state index in [1.807, 2.05) is 10.9 Å². The summed E-state index contributed by atoms with van der Waals surface area (Å²) in [6.45, 7) is 2.09. The Hall–Kier alpha value is -2.56. The van der Waals surface area contributed by atoms with Gasteiger partial charge < -0.3 is 0 Å². The van der Waals surface area contributed by atoms with Crippen LogP contribution in [0.2, 0.25) is 0 Å². The molecule has 8 aliphatic rings. The fourth-order valence-electron chi connectivity index (χ4n) is 11.1. The molecule has 0 radical (unpaired) electrons. The van der Waals surface area contributed by atoms with Gasteiger partial charge in [-0.05, 0) is 137 Å². The maximum atomic E-state index is 5.58. The highest BCUT2D eigenvalue weighted by Gasteiger charge is 2.56. The zero-order valence-corrected chi connectivity index (χ0v) is 22.6. The van der Waals surface area contributed by atoms with Gasteiger partial charge in [0.1, 0.15) is 11.6 Å². The maximum absolute atomic E-state index is 5.58. The summed E-state index contributed by atoms with van der Waals surface area (Å²) in [6.07, 6.45) is 20.5. The number of rotatable bonds is 4. The van der Waals surface area contributed by atoms with Gasteiger partial charge in [0.15, 0.2) is 5.82 Å². The van der Waals surface area contributed by atoms with Gasteiger partial charge in [-0.1, -0.05) is 12.1 Å². The van der Waals surface area contributed by atoms with Crippen LogP contribution >= 0.6 is 0 Å². The minimum atomic E-state index is 0.181. The average molecular weight is 506 g/mol. The molecule has 8 saturated carbocycles. The van der Waals surface area contributed by atoms with E-state index in [1.165, 1.54) is 82.6 Å². The van der Waals surface area contributed by atoms with Crippen molar-refractivity contribution in [1.82, 2.24) is 24.7 Å². The Morgan fingerprint density at radius 3 is 1.63 bits per heavy atom. The Balaban J connectivity index is 1.20. The van der Waals surface area contributed by atoms with Crippen LogP contribution < -0.4 is 0 Å². The zero-order chi connectivity index (χ0) is 25.1. The summed E-state index contributed by atoms with van der Waals surface area (Å²) in [4.78, 5) is 16.4.